The molecule has 1 saturated heterocycles. The van der Waals surface area contributed by atoms with Crippen molar-refractivity contribution in [3.8, 4) is 11.5 Å². The van der Waals surface area contributed by atoms with Gasteiger partial charge in [-0.05, 0) is 25.1 Å². The number of rotatable bonds is 3. The lowest BCUT2D eigenvalue weighted by Gasteiger charge is -2.34. The van der Waals surface area contributed by atoms with Crippen LogP contribution in [0.3, 0.4) is 0 Å². The number of hydrogen-bond donors (Lipinski definition) is 0. The Bertz CT molecular complexity index is 769. The zero-order valence-corrected chi connectivity index (χ0v) is 15.1. The van der Waals surface area contributed by atoms with Crippen LogP contribution < -0.4 is 9.47 Å². The van der Waals surface area contributed by atoms with E-state index >= 15 is 0 Å². The lowest BCUT2D eigenvalue weighted by Crippen LogP contribution is -2.48. The molecule has 6 nitrogen and oxygen atoms in total. The first-order valence-electron chi connectivity index (χ1n) is 8.51. The molecule has 1 aromatic carbocycles. The van der Waals surface area contributed by atoms with E-state index < -0.39 is 0 Å². The Hall–Kier alpha value is -2.12. The maximum atomic E-state index is 12.8. The number of aryl methyl sites for hydroxylation is 1. The van der Waals surface area contributed by atoms with Crippen molar-refractivity contribution in [1.29, 1.82) is 0 Å². The van der Waals surface area contributed by atoms with Crippen molar-refractivity contribution in [2.75, 3.05) is 39.4 Å². The van der Waals surface area contributed by atoms with Crippen LogP contribution in [0.4, 0.5) is 0 Å². The fourth-order valence-corrected chi connectivity index (χ4v) is 3.78. The molecule has 7 heteroatoms. The maximum Gasteiger partial charge on any atom is 0.254 e. The van der Waals surface area contributed by atoms with Gasteiger partial charge in [-0.3, -0.25) is 9.69 Å². The van der Waals surface area contributed by atoms with E-state index in [1.54, 1.807) is 17.4 Å². The number of carbonyl (C=O) groups excluding carboxylic acids is 1. The van der Waals surface area contributed by atoms with E-state index in [1.807, 2.05) is 24.0 Å². The van der Waals surface area contributed by atoms with Crippen LogP contribution in [0.25, 0.3) is 0 Å². The lowest BCUT2D eigenvalue weighted by atomic mass is 10.1. The Kier molecular flexibility index (Phi) is 4.59. The minimum absolute atomic E-state index is 0.0566. The molecule has 0 unspecified atom stereocenters. The van der Waals surface area contributed by atoms with E-state index in [0.29, 0.717) is 30.3 Å². The maximum absolute atomic E-state index is 12.8. The molecule has 2 aliphatic heterocycles. The van der Waals surface area contributed by atoms with Gasteiger partial charge in [0.15, 0.2) is 11.5 Å². The van der Waals surface area contributed by atoms with Crippen LogP contribution in [-0.4, -0.2) is 60.1 Å². The second-order valence-corrected chi connectivity index (χ2v) is 7.35. The fourth-order valence-electron chi connectivity index (χ4n) is 3.18. The van der Waals surface area contributed by atoms with Crippen LogP contribution >= 0.6 is 11.3 Å². The fraction of sp³-hybridized carbons (Fsp3) is 0.444. The van der Waals surface area contributed by atoms with Crippen molar-refractivity contribution in [2.24, 2.45) is 0 Å². The van der Waals surface area contributed by atoms with Gasteiger partial charge in [-0.25, -0.2) is 4.98 Å². The van der Waals surface area contributed by atoms with E-state index in [-0.39, 0.29) is 5.91 Å². The number of fused-ring (bicyclic) bond motifs is 1. The van der Waals surface area contributed by atoms with Crippen LogP contribution in [-0.2, 0) is 6.54 Å². The number of piperazine rings is 1. The Morgan fingerprint density at radius 1 is 1.16 bits per heavy atom. The average Bonchev–Trinajstić information content (AvgIpc) is 3.06. The predicted molar refractivity (Wildman–Crippen MR) is 95.5 cm³/mol. The summed E-state index contributed by atoms with van der Waals surface area (Å²) in [6, 6.07) is 5.43. The highest BCUT2D eigenvalue weighted by molar-refractivity contribution is 7.09. The number of aromatic nitrogens is 1. The van der Waals surface area contributed by atoms with Crippen molar-refractivity contribution in [1.82, 2.24) is 14.8 Å². The minimum atomic E-state index is 0.0566. The molecule has 0 aliphatic carbocycles. The van der Waals surface area contributed by atoms with Crippen LogP contribution in [0.2, 0.25) is 0 Å². The zero-order valence-electron chi connectivity index (χ0n) is 14.2. The van der Waals surface area contributed by atoms with Gasteiger partial charge in [0.2, 0.25) is 0 Å². The summed E-state index contributed by atoms with van der Waals surface area (Å²) in [7, 11) is 0. The van der Waals surface area contributed by atoms with Gasteiger partial charge in [0, 0.05) is 43.7 Å². The molecule has 3 heterocycles. The molecule has 1 fully saturated rings. The van der Waals surface area contributed by atoms with Crippen LogP contribution in [0, 0.1) is 6.92 Å². The third kappa shape index (κ3) is 3.62. The van der Waals surface area contributed by atoms with Crippen molar-refractivity contribution < 1.29 is 14.3 Å². The Balaban J connectivity index is 1.36. The van der Waals surface area contributed by atoms with E-state index in [2.05, 4.69) is 15.3 Å². The molecule has 4 rings (SSSR count). The number of benzene rings is 1. The normalized spacial score (nSPS) is 17.6. The van der Waals surface area contributed by atoms with Gasteiger partial charge in [-0.15, -0.1) is 11.3 Å². The summed E-state index contributed by atoms with van der Waals surface area (Å²) in [6.45, 7) is 7.17. The van der Waals surface area contributed by atoms with Gasteiger partial charge in [-0.1, -0.05) is 0 Å². The van der Waals surface area contributed by atoms with E-state index in [0.717, 1.165) is 43.4 Å². The zero-order chi connectivity index (χ0) is 17.2. The first-order chi connectivity index (χ1) is 12.2. The molecule has 0 N–H and O–H groups in total. The quantitative estimate of drug-likeness (QED) is 0.841. The summed E-state index contributed by atoms with van der Waals surface area (Å²) in [4.78, 5) is 21.5. The van der Waals surface area contributed by atoms with Crippen LogP contribution in [0.15, 0.2) is 23.6 Å². The van der Waals surface area contributed by atoms with E-state index in [4.69, 9.17) is 9.47 Å². The number of amides is 1. The summed E-state index contributed by atoms with van der Waals surface area (Å²) >= 11 is 1.68. The van der Waals surface area contributed by atoms with Gasteiger partial charge in [-0.2, -0.15) is 0 Å². The molecular formula is C18H21N3O3S. The van der Waals surface area contributed by atoms with Gasteiger partial charge in [0.1, 0.15) is 13.2 Å². The average molecular weight is 359 g/mol. The Labute approximate surface area is 151 Å². The summed E-state index contributed by atoms with van der Waals surface area (Å²) in [5.74, 6) is 1.43. The van der Waals surface area contributed by atoms with Gasteiger partial charge >= 0.3 is 0 Å². The minimum Gasteiger partial charge on any atom is -0.486 e. The molecule has 0 atom stereocenters. The summed E-state index contributed by atoms with van der Waals surface area (Å²) in [6.07, 6.45) is 0. The molecule has 2 aliphatic rings. The number of carbonyl (C=O) groups is 1. The smallest absolute Gasteiger partial charge is 0.254 e. The molecular weight excluding hydrogens is 338 g/mol. The van der Waals surface area contributed by atoms with Crippen molar-refractivity contribution in [3.63, 3.8) is 0 Å². The molecule has 0 saturated carbocycles. The first-order valence-corrected chi connectivity index (χ1v) is 9.39. The molecule has 25 heavy (non-hydrogen) atoms. The topological polar surface area (TPSA) is 54.9 Å². The van der Waals surface area contributed by atoms with Gasteiger partial charge < -0.3 is 14.4 Å². The van der Waals surface area contributed by atoms with Crippen molar-refractivity contribution in [2.45, 2.75) is 13.5 Å². The van der Waals surface area contributed by atoms with Crippen molar-refractivity contribution in [3.05, 3.63) is 39.8 Å². The predicted octanol–water partition coefficient (Wildman–Crippen LogP) is 2.18. The lowest BCUT2D eigenvalue weighted by molar-refractivity contribution is 0.0626. The highest BCUT2D eigenvalue weighted by atomic mass is 32.1. The molecule has 2 aromatic rings. The van der Waals surface area contributed by atoms with Gasteiger partial charge in [0.05, 0.1) is 10.7 Å². The van der Waals surface area contributed by atoms with Crippen molar-refractivity contribution >= 4 is 17.2 Å². The van der Waals surface area contributed by atoms with Crippen LogP contribution in [0.5, 0.6) is 11.5 Å². The third-order valence-corrected chi connectivity index (χ3v) is 5.32. The third-order valence-electron chi connectivity index (χ3n) is 4.50. The Morgan fingerprint density at radius 2 is 1.92 bits per heavy atom. The first kappa shape index (κ1) is 16.4. The van der Waals surface area contributed by atoms with Crippen LogP contribution in [0.1, 0.15) is 21.1 Å². The largest absolute Gasteiger partial charge is 0.486 e. The highest BCUT2D eigenvalue weighted by Gasteiger charge is 2.24. The van der Waals surface area contributed by atoms with E-state index in [9.17, 15) is 4.79 Å². The number of ether oxygens (including phenoxy) is 2. The number of hydrogen-bond acceptors (Lipinski definition) is 6. The standard InChI is InChI=1S/C18H21N3O3S/c1-13-19-15(12-25-13)11-20-4-6-21(7-5-20)18(22)14-2-3-16-17(10-14)24-9-8-23-16/h2-3,10,12H,4-9,11H2,1H3. The molecule has 0 spiro atoms. The highest BCUT2D eigenvalue weighted by Crippen LogP contribution is 2.31. The summed E-state index contributed by atoms with van der Waals surface area (Å²) in [5, 5.41) is 3.21. The summed E-state index contributed by atoms with van der Waals surface area (Å²) < 4.78 is 11.1. The van der Waals surface area contributed by atoms with E-state index in [1.165, 1.54) is 0 Å². The molecule has 0 radical (unpaired) electrons. The number of nitrogens with zero attached hydrogens (tertiary/aromatic N) is 3. The van der Waals surface area contributed by atoms with Gasteiger partial charge in [0.25, 0.3) is 5.91 Å². The molecule has 0 bridgehead atoms. The Morgan fingerprint density at radius 3 is 2.64 bits per heavy atom. The molecule has 1 aromatic heterocycles. The SMILES string of the molecule is Cc1nc(CN2CCN(C(=O)c3ccc4c(c3)OCCO4)CC2)cs1. The second kappa shape index (κ2) is 7.01. The monoisotopic (exact) mass is 359 g/mol. The second-order valence-electron chi connectivity index (χ2n) is 6.28. The molecule has 1 amide bonds. The molecule has 132 valence electrons. The summed E-state index contributed by atoms with van der Waals surface area (Å²) in [5.41, 5.74) is 1.78. The number of thiazole rings is 1.